The van der Waals surface area contributed by atoms with Crippen molar-refractivity contribution < 1.29 is 0 Å². The molecule has 8 N–H and O–H groups in total. The number of hydrogen-bond donors (Lipinski definition) is 5. The zero-order chi connectivity index (χ0) is 25.6. The van der Waals surface area contributed by atoms with Crippen LogP contribution in [0.2, 0.25) is 0 Å². The highest BCUT2D eigenvalue weighted by molar-refractivity contribution is 5.85. The van der Waals surface area contributed by atoms with E-state index in [0.29, 0.717) is 31.3 Å². The fraction of sp³-hybridized carbons (Fsp3) is 0.154. The summed E-state index contributed by atoms with van der Waals surface area (Å²) in [6.07, 6.45) is 11.5. The number of halogens is 2. The lowest BCUT2D eigenvalue weighted by molar-refractivity contribution is 0.649. The number of nitrogen functional groups attached to an aromatic ring is 2. The third-order valence-corrected chi connectivity index (χ3v) is 4.81. The number of nitrogens with zero attached hydrogens (tertiary/aromatic N) is 5. The average Bonchev–Trinajstić information content (AvgIpc) is 3.63. The van der Waals surface area contributed by atoms with Gasteiger partial charge in [-0.1, -0.05) is 65.9 Å². The highest BCUT2D eigenvalue weighted by Crippen LogP contribution is 2.07. The van der Waals surface area contributed by atoms with E-state index in [2.05, 4.69) is 48.3 Å². The van der Waals surface area contributed by atoms with Crippen LogP contribution in [0.3, 0.4) is 0 Å². The number of aromatic nitrogens is 7. The van der Waals surface area contributed by atoms with Crippen LogP contribution in [0.5, 0.6) is 0 Å². The first-order valence-electron chi connectivity index (χ1n) is 11.2. The number of rotatable bonds is 6. The number of benzene rings is 2. The second kappa shape index (κ2) is 17.2. The highest BCUT2D eigenvalue weighted by atomic mass is 35.5. The minimum absolute atomic E-state index is 0. The summed E-state index contributed by atoms with van der Waals surface area (Å²) in [6.45, 7) is 1.36. The van der Waals surface area contributed by atoms with Gasteiger partial charge in [0.1, 0.15) is 0 Å². The Balaban J connectivity index is 0.000000320. The number of nitrogens with one attached hydrogen (secondary N) is 2. The van der Waals surface area contributed by atoms with Gasteiger partial charge in [-0.05, 0) is 11.1 Å². The number of H-pyrrole nitrogens is 2. The van der Waals surface area contributed by atoms with Crippen molar-refractivity contribution in [2.45, 2.75) is 25.9 Å². The molecule has 5 aromatic rings. The standard InChI is InChI=1S/C13H14N6.C7H9N.C6H7N3.2ClH/c14-13-15-7-11(16-13)6-12-9-19(18-17-12)8-10-4-2-1-3-5-10;8-6-7-4-2-1-3-5-7;1-2-3-5-4-8-6(7)9-5;;/h1-5,7,9H,6,8H2,(H3,14,15,16);1-5H,6,8H2;1,4H,3H2,(H3,7,8,9);2*1H. The molecule has 0 saturated heterocycles. The molecule has 0 saturated carbocycles. The largest absolute Gasteiger partial charge is 0.369 e. The van der Waals surface area contributed by atoms with E-state index < -0.39 is 0 Å². The Bertz CT molecular complexity index is 1340. The maximum Gasteiger partial charge on any atom is 0.197 e. The number of terminal acetylenes is 1. The van der Waals surface area contributed by atoms with Crippen LogP contribution in [0.25, 0.3) is 0 Å². The van der Waals surface area contributed by atoms with Crippen LogP contribution in [0.4, 0.5) is 11.9 Å². The maximum absolute atomic E-state index is 5.53. The molecule has 12 heteroatoms. The van der Waals surface area contributed by atoms with Gasteiger partial charge >= 0.3 is 0 Å². The molecule has 2 aromatic carbocycles. The van der Waals surface area contributed by atoms with Crippen molar-refractivity contribution in [2.75, 3.05) is 11.5 Å². The summed E-state index contributed by atoms with van der Waals surface area (Å²) < 4.78 is 1.82. The summed E-state index contributed by atoms with van der Waals surface area (Å²) in [4.78, 5) is 13.5. The van der Waals surface area contributed by atoms with Gasteiger partial charge in [-0.3, -0.25) is 0 Å². The van der Waals surface area contributed by atoms with Gasteiger partial charge in [0, 0.05) is 30.6 Å². The predicted molar refractivity (Wildman–Crippen MR) is 156 cm³/mol. The van der Waals surface area contributed by atoms with Gasteiger partial charge in [0.2, 0.25) is 0 Å². The number of hydrogen-bond acceptors (Lipinski definition) is 7. The molecule has 3 aromatic heterocycles. The molecule has 200 valence electrons. The summed E-state index contributed by atoms with van der Waals surface area (Å²) in [6, 6.07) is 20.2. The lowest BCUT2D eigenvalue weighted by atomic mass is 10.2. The van der Waals surface area contributed by atoms with E-state index in [1.54, 1.807) is 12.4 Å². The molecule has 0 fully saturated rings. The predicted octanol–water partition coefficient (Wildman–Crippen LogP) is 3.38. The fourth-order valence-corrected chi connectivity index (χ4v) is 3.12. The van der Waals surface area contributed by atoms with E-state index in [4.69, 9.17) is 23.6 Å². The summed E-state index contributed by atoms with van der Waals surface area (Å²) in [5.74, 6) is 3.31. The Labute approximate surface area is 234 Å². The Morgan fingerprint density at radius 3 is 1.84 bits per heavy atom. The molecule has 0 unspecified atom stereocenters. The molecule has 10 nitrogen and oxygen atoms in total. The minimum Gasteiger partial charge on any atom is -0.369 e. The van der Waals surface area contributed by atoms with E-state index in [-0.39, 0.29) is 24.8 Å². The van der Waals surface area contributed by atoms with Crippen molar-refractivity contribution in [3.63, 3.8) is 0 Å². The molecule has 0 spiro atoms. The number of nitrogens with two attached hydrogens (primary N) is 3. The molecule has 0 bridgehead atoms. The van der Waals surface area contributed by atoms with Gasteiger partial charge < -0.3 is 27.2 Å². The summed E-state index contributed by atoms with van der Waals surface area (Å²) >= 11 is 0. The molecular formula is C26H32Cl2N10. The maximum atomic E-state index is 5.53. The molecule has 0 atom stereocenters. The van der Waals surface area contributed by atoms with Gasteiger partial charge in [0.05, 0.1) is 31.1 Å². The first-order chi connectivity index (χ1) is 17.6. The molecule has 0 aliphatic carbocycles. The van der Waals surface area contributed by atoms with Crippen LogP contribution in [0.15, 0.2) is 79.3 Å². The molecule has 3 heterocycles. The normalized spacial score (nSPS) is 9.37. The molecule has 0 aliphatic heterocycles. The topological polar surface area (TPSA) is 166 Å². The second-order valence-corrected chi connectivity index (χ2v) is 7.73. The number of aromatic amines is 2. The third-order valence-electron chi connectivity index (χ3n) is 4.81. The zero-order valence-corrected chi connectivity index (χ0v) is 22.3. The summed E-state index contributed by atoms with van der Waals surface area (Å²) in [5, 5.41) is 8.26. The summed E-state index contributed by atoms with van der Waals surface area (Å²) in [7, 11) is 0. The van der Waals surface area contributed by atoms with Crippen LogP contribution in [-0.2, 0) is 25.9 Å². The molecule has 38 heavy (non-hydrogen) atoms. The lowest BCUT2D eigenvalue weighted by Gasteiger charge is -1.99. The van der Waals surface area contributed by atoms with Gasteiger partial charge in [0.15, 0.2) is 11.9 Å². The smallest absolute Gasteiger partial charge is 0.197 e. The molecule has 5 rings (SSSR count). The number of anilines is 2. The molecule has 0 amide bonds. The van der Waals surface area contributed by atoms with Crippen LogP contribution >= 0.6 is 24.8 Å². The third kappa shape index (κ3) is 11.2. The van der Waals surface area contributed by atoms with Crippen molar-refractivity contribution in [3.05, 3.63) is 107 Å². The van der Waals surface area contributed by atoms with Crippen LogP contribution in [0.1, 0.15) is 28.2 Å². The van der Waals surface area contributed by atoms with Crippen molar-refractivity contribution >= 4 is 36.7 Å². The van der Waals surface area contributed by atoms with E-state index in [1.165, 1.54) is 11.1 Å². The quantitative estimate of drug-likeness (QED) is 0.200. The van der Waals surface area contributed by atoms with Gasteiger partial charge in [0.25, 0.3) is 0 Å². The van der Waals surface area contributed by atoms with E-state index >= 15 is 0 Å². The van der Waals surface area contributed by atoms with Gasteiger partial charge in [-0.15, -0.1) is 42.3 Å². The Morgan fingerprint density at radius 2 is 1.37 bits per heavy atom. The average molecular weight is 556 g/mol. The van der Waals surface area contributed by atoms with Crippen molar-refractivity contribution in [1.29, 1.82) is 0 Å². The van der Waals surface area contributed by atoms with Gasteiger partial charge in [-0.2, -0.15) is 0 Å². The second-order valence-electron chi connectivity index (χ2n) is 7.73. The highest BCUT2D eigenvalue weighted by Gasteiger charge is 2.05. The van der Waals surface area contributed by atoms with Crippen molar-refractivity contribution in [2.24, 2.45) is 5.73 Å². The number of imidazole rings is 2. The monoisotopic (exact) mass is 554 g/mol. The van der Waals surface area contributed by atoms with Crippen LogP contribution in [-0.4, -0.2) is 34.9 Å². The van der Waals surface area contributed by atoms with Crippen molar-refractivity contribution in [3.8, 4) is 12.3 Å². The van der Waals surface area contributed by atoms with Crippen LogP contribution < -0.4 is 17.2 Å². The fourth-order valence-electron chi connectivity index (χ4n) is 3.12. The Morgan fingerprint density at radius 1 is 0.816 bits per heavy atom. The molecule has 0 radical (unpaired) electrons. The Kier molecular flexibility index (Phi) is 14.4. The molecular weight excluding hydrogens is 523 g/mol. The van der Waals surface area contributed by atoms with E-state index in [0.717, 1.165) is 23.6 Å². The first-order valence-corrected chi connectivity index (χ1v) is 11.2. The van der Waals surface area contributed by atoms with E-state index in [9.17, 15) is 0 Å². The zero-order valence-electron chi connectivity index (χ0n) is 20.7. The van der Waals surface area contributed by atoms with Crippen molar-refractivity contribution in [1.82, 2.24) is 34.9 Å². The Hall–Kier alpha value is -4.30. The summed E-state index contributed by atoms with van der Waals surface area (Å²) in [5.41, 5.74) is 21.2. The molecule has 0 aliphatic rings. The van der Waals surface area contributed by atoms with Gasteiger partial charge in [-0.25, -0.2) is 14.6 Å². The minimum atomic E-state index is 0. The lowest BCUT2D eigenvalue weighted by Crippen LogP contribution is -1.99. The van der Waals surface area contributed by atoms with Crippen LogP contribution in [0, 0.1) is 12.3 Å². The van der Waals surface area contributed by atoms with E-state index in [1.807, 2.05) is 59.4 Å². The SMILES string of the molecule is C#CCc1cnc(N)[nH]1.Cl.Cl.NCc1ccccc1.Nc1ncc(Cc2cn(Cc3ccccc3)nn2)[nH]1. The first kappa shape index (κ1) is 31.7.